The van der Waals surface area contributed by atoms with Crippen molar-refractivity contribution in [3.05, 3.63) is 24.3 Å². The van der Waals surface area contributed by atoms with Crippen molar-refractivity contribution in [2.24, 2.45) is 0 Å². The summed E-state index contributed by atoms with van der Waals surface area (Å²) in [4.78, 5) is 0. The highest BCUT2D eigenvalue weighted by atomic mass is 16.5. The van der Waals surface area contributed by atoms with Crippen LogP contribution in [0.1, 0.15) is 13.8 Å². The number of rotatable bonds is 9. The van der Waals surface area contributed by atoms with Gasteiger partial charge in [-0.05, 0) is 37.7 Å². The molecule has 18 heavy (non-hydrogen) atoms. The average Bonchev–Trinajstić information content (AvgIpc) is 2.38. The Morgan fingerprint density at radius 2 is 1.61 bits per heavy atom. The lowest BCUT2D eigenvalue weighted by Gasteiger charge is -2.17. The fourth-order valence-electron chi connectivity index (χ4n) is 1.65. The van der Waals surface area contributed by atoms with E-state index in [1.54, 1.807) is 7.11 Å². The number of ether oxygens (including phenoxy) is 3. The van der Waals surface area contributed by atoms with Crippen molar-refractivity contribution in [1.29, 1.82) is 0 Å². The van der Waals surface area contributed by atoms with Crippen molar-refractivity contribution in [2.75, 3.05) is 33.5 Å². The maximum absolute atomic E-state index is 5.71. The third-order valence-electron chi connectivity index (χ3n) is 2.45. The fourth-order valence-corrected chi connectivity index (χ4v) is 1.65. The van der Waals surface area contributed by atoms with Gasteiger partial charge in [0.2, 0.25) is 0 Å². The third-order valence-corrected chi connectivity index (χ3v) is 2.45. The summed E-state index contributed by atoms with van der Waals surface area (Å²) in [5.41, 5.74) is 0. The molecular weight excluding hydrogens is 230 g/mol. The summed E-state index contributed by atoms with van der Waals surface area (Å²) in [5.74, 6) is 1.71. The zero-order valence-electron chi connectivity index (χ0n) is 11.4. The van der Waals surface area contributed by atoms with Gasteiger partial charge in [-0.15, -0.1) is 0 Å². The molecule has 0 amide bonds. The van der Waals surface area contributed by atoms with E-state index in [0.29, 0.717) is 19.8 Å². The monoisotopic (exact) mass is 253 g/mol. The standard InChI is InChI=1S/C14H23NO3/c1-4-15-12(10-16-3)11-18-14-8-6-13(7-9-14)17-5-2/h6-9,12,15H,4-5,10-11H2,1-3H3. The van der Waals surface area contributed by atoms with E-state index in [2.05, 4.69) is 12.2 Å². The second-order valence-electron chi connectivity index (χ2n) is 3.93. The average molecular weight is 253 g/mol. The zero-order valence-corrected chi connectivity index (χ0v) is 11.4. The Hall–Kier alpha value is -1.26. The first kappa shape index (κ1) is 14.8. The first-order valence-corrected chi connectivity index (χ1v) is 6.38. The van der Waals surface area contributed by atoms with Crippen LogP contribution in [0.3, 0.4) is 0 Å². The van der Waals surface area contributed by atoms with Crippen molar-refractivity contribution < 1.29 is 14.2 Å². The van der Waals surface area contributed by atoms with E-state index < -0.39 is 0 Å². The van der Waals surface area contributed by atoms with Crippen LogP contribution in [0.25, 0.3) is 0 Å². The van der Waals surface area contributed by atoms with Gasteiger partial charge in [-0.2, -0.15) is 0 Å². The van der Waals surface area contributed by atoms with E-state index in [4.69, 9.17) is 14.2 Å². The molecule has 1 rings (SSSR count). The lowest BCUT2D eigenvalue weighted by atomic mass is 10.3. The molecule has 4 heteroatoms. The van der Waals surface area contributed by atoms with Crippen LogP contribution >= 0.6 is 0 Å². The number of methoxy groups -OCH3 is 1. The van der Waals surface area contributed by atoms with E-state index in [-0.39, 0.29) is 6.04 Å². The largest absolute Gasteiger partial charge is 0.494 e. The summed E-state index contributed by atoms with van der Waals surface area (Å²) in [6.45, 7) is 6.85. The van der Waals surface area contributed by atoms with Crippen LogP contribution in [-0.2, 0) is 4.74 Å². The molecule has 1 aromatic rings. The molecule has 0 aromatic heterocycles. The smallest absolute Gasteiger partial charge is 0.119 e. The zero-order chi connectivity index (χ0) is 13.2. The summed E-state index contributed by atoms with van der Waals surface area (Å²) < 4.78 is 16.2. The van der Waals surface area contributed by atoms with Gasteiger partial charge in [-0.3, -0.25) is 0 Å². The molecule has 0 radical (unpaired) electrons. The van der Waals surface area contributed by atoms with Gasteiger partial charge in [0, 0.05) is 7.11 Å². The van der Waals surface area contributed by atoms with Crippen LogP contribution in [0.2, 0.25) is 0 Å². The lowest BCUT2D eigenvalue weighted by Crippen LogP contribution is -2.38. The Kier molecular flexibility index (Phi) is 7.22. The number of likely N-dealkylation sites (N-methyl/N-ethyl adjacent to an activating group) is 1. The van der Waals surface area contributed by atoms with E-state index in [1.807, 2.05) is 31.2 Å². The lowest BCUT2D eigenvalue weighted by molar-refractivity contribution is 0.137. The summed E-state index contributed by atoms with van der Waals surface area (Å²) in [6.07, 6.45) is 0. The molecule has 0 saturated heterocycles. The van der Waals surface area contributed by atoms with E-state index >= 15 is 0 Å². The molecule has 1 unspecified atom stereocenters. The molecule has 0 bridgehead atoms. The molecule has 0 heterocycles. The molecule has 0 aliphatic rings. The minimum atomic E-state index is 0.214. The normalized spacial score (nSPS) is 12.2. The number of benzene rings is 1. The topological polar surface area (TPSA) is 39.7 Å². The predicted octanol–water partition coefficient (Wildman–Crippen LogP) is 2.09. The van der Waals surface area contributed by atoms with E-state index in [9.17, 15) is 0 Å². The van der Waals surface area contributed by atoms with Crippen LogP contribution in [0, 0.1) is 0 Å². The predicted molar refractivity (Wildman–Crippen MR) is 72.4 cm³/mol. The van der Waals surface area contributed by atoms with Crippen LogP contribution in [-0.4, -0.2) is 39.5 Å². The Morgan fingerprint density at radius 1 is 1.00 bits per heavy atom. The summed E-state index contributed by atoms with van der Waals surface area (Å²) in [5, 5.41) is 3.31. The highest BCUT2D eigenvalue weighted by Gasteiger charge is 2.07. The SMILES string of the molecule is CCNC(COC)COc1ccc(OCC)cc1. The summed E-state index contributed by atoms with van der Waals surface area (Å²) in [6, 6.07) is 7.88. The summed E-state index contributed by atoms with van der Waals surface area (Å²) in [7, 11) is 1.70. The van der Waals surface area contributed by atoms with Crippen molar-refractivity contribution in [3.8, 4) is 11.5 Å². The van der Waals surface area contributed by atoms with Crippen LogP contribution in [0.4, 0.5) is 0 Å². The highest BCUT2D eigenvalue weighted by Crippen LogP contribution is 2.17. The van der Waals surface area contributed by atoms with Crippen molar-refractivity contribution >= 4 is 0 Å². The Bertz CT molecular complexity index is 307. The molecule has 4 nitrogen and oxygen atoms in total. The Labute approximate surface area is 109 Å². The van der Waals surface area contributed by atoms with Crippen LogP contribution in [0.5, 0.6) is 11.5 Å². The van der Waals surface area contributed by atoms with Gasteiger partial charge in [-0.25, -0.2) is 0 Å². The van der Waals surface area contributed by atoms with Crippen molar-refractivity contribution in [2.45, 2.75) is 19.9 Å². The highest BCUT2D eigenvalue weighted by molar-refractivity contribution is 5.31. The van der Waals surface area contributed by atoms with Crippen molar-refractivity contribution in [1.82, 2.24) is 5.32 Å². The molecule has 1 N–H and O–H groups in total. The molecule has 102 valence electrons. The van der Waals surface area contributed by atoms with Gasteiger partial charge in [0.1, 0.15) is 18.1 Å². The first-order valence-electron chi connectivity index (χ1n) is 6.38. The van der Waals surface area contributed by atoms with Crippen LogP contribution < -0.4 is 14.8 Å². The van der Waals surface area contributed by atoms with E-state index in [0.717, 1.165) is 18.0 Å². The molecule has 1 aromatic carbocycles. The van der Waals surface area contributed by atoms with Gasteiger partial charge in [0.15, 0.2) is 0 Å². The minimum absolute atomic E-state index is 0.214. The second kappa shape index (κ2) is 8.78. The summed E-state index contributed by atoms with van der Waals surface area (Å²) >= 11 is 0. The Balaban J connectivity index is 2.41. The fraction of sp³-hybridized carbons (Fsp3) is 0.571. The number of hydrogen-bond donors (Lipinski definition) is 1. The molecule has 0 spiro atoms. The molecule has 0 aliphatic heterocycles. The van der Waals surface area contributed by atoms with Gasteiger partial charge in [-0.1, -0.05) is 6.92 Å². The molecule has 0 aliphatic carbocycles. The first-order chi connectivity index (χ1) is 8.80. The van der Waals surface area contributed by atoms with Crippen molar-refractivity contribution in [3.63, 3.8) is 0 Å². The number of nitrogens with one attached hydrogen (secondary N) is 1. The van der Waals surface area contributed by atoms with Gasteiger partial charge in [0.25, 0.3) is 0 Å². The third kappa shape index (κ3) is 5.38. The van der Waals surface area contributed by atoms with Crippen LogP contribution in [0.15, 0.2) is 24.3 Å². The molecule has 1 atom stereocenters. The maximum Gasteiger partial charge on any atom is 0.119 e. The molecule has 0 saturated carbocycles. The van der Waals surface area contributed by atoms with E-state index in [1.165, 1.54) is 0 Å². The minimum Gasteiger partial charge on any atom is -0.494 e. The maximum atomic E-state index is 5.71. The van der Waals surface area contributed by atoms with Gasteiger partial charge in [0.05, 0.1) is 19.3 Å². The Morgan fingerprint density at radius 3 is 2.11 bits per heavy atom. The quantitative estimate of drug-likeness (QED) is 0.731. The molecular formula is C14H23NO3. The van der Waals surface area contributed by atoms with Gasteiger partial charge < -0.3 is 19.5 Å². The number of hydrogen-bond acceptors (Lipinski definition) is 4. The molecule has 0 fully saturated rings. The second-order valence-corrected chi connectivity index (χ2v) is 3.93. The van der Waals surface area contributed by atoms with Gasteiger partial charge >= 0.3 is 0 Å².